The van der Waals surface area contributed by atoms with Crippen molar-refractivity contribution < 1.29 is 4.92 Å². The van der Waals surface area contributed by atoms with Crippen molar-refractivity contribution in [2.45, 2.75) is 32.7 Å². The zero-order valence-electron chi connectivity index (χ0n) is 11.3. The first kappa shape index (κ1) is 13.8. The first-order valence-corrected chi connectivity index (χ1v) is 6.86. The highest BCUT2D eigenvalue weighted by Gasteiger charge is 2.24. The molecule has 2 rings (SSSR count). The molecule has 0 aliphatic heterocycles. The van der Waals surface area contributed by atoms with Gasteiger partial charge in [-0.15, -0.1) is 0 Å². The van der Waals surface area contributed by atoms with Crippen LogP contribution in [0.25, 0.3) is 0 Å². The quantitative estimate of drug-likeness (QED) is 0.466. The Morgan fingerprint density at radius 1 is 1.47 bits per heavy atom. The van der Waals surface area contributed by atoms with Crippen LogP contribution in [-0.4, -0.2) is 22.9 Å². The standard InChI is InChI=1S/C14H21N3O2/c1-2-8-16(9-11-6-7-11)10-12-4-3-5-13(14(12)15)17(18)19/h3-5,11H,2,6-10,15H2,1H3. The molecule has 1 saturated carbocycles. The Labute approximate surface area is 113 Å². The summed E-state index contributed by atoms with van der Waals surface area (Å²) in [5.74, 6) is 0.812. The molecule has 1 aromatic rings. The van der Waals surface area contributed by atoms with E-state index in [0.29, 0.717) is 12.2 Å². The number of para-hydroxylation sites is 1. The second-order valence-corrected chi connectivity index (χ2v) is 5.29. The highest BCUT2D eigenvalue weighted by molar-refractivity contribution is 5.62. The van der Waals surface area contributed by atoms with Crippen molar-refractivity contribution in [1.29, 1.82) is 0 Å². The molecule has 19 heavy (non-hydrogen) atoms. The Bertz CT molecular complexity index is 458. The smallest absolute Gasteiger partial charge is 0.292 e. The molecule has 0 spiro atoms. The van der Waals surface area contributed by atoms with Gasteiger partial charge < -0.3 is 5.73 Å². The zero-order chi connectivity index (χ0) is 13.8. The van der Waals surface area contributed by atoms with Crippen molar-refractivity contribution in [3.05, 3.63) is 33.9 Å². The fourth-order valence-electron chi connectivity index (χ4n) is 2.35. The van der Waals surface area contributed by atoms with Crippen LogP contribution >= 0.6 is 0 Å². The topological polar surface area (TPSA) is 72.4 Å². The SMILES string of the molecule is CCCN(Cc1cccc([N+](=O)[O-])c1N)CC1CC1. The van der Waals surface area contributed by atoms with Gasteiger partial charge in [0.05, 0.1) is 4.92 Å². The van der Waals surface area contributed by atoms with Crippen LogP contribution in [0.5, 0.6) is 0 Å². The molecule has 0 aromatic heterocycles. The molecule has 0 amide bonds. The van der Waals surface area contributed by atoms with E-state index in [2.05, 4.69) is 11.8 Å². The molecule has 0 unspecified atom stereocenters. The summed E-state index contributed by atoms with van der Waals surface area (Å²) in [5.41, 5.74) is 7.09. The van der Waals surface area contributed by atoms with Crippen molar-refractivity contribution in [2.24, 2.45) is 5.92 Å². The minimum atomic E-state index is -0.413. The van der Waals surface area contributed by atoms with Crippen LogP contribution in [0, 0.1) is 16.0 Å². The van der Waals surface area contributed by atoms with Crippen LogP contribution in [0.4, 0.5) is 11.4 Å². The molecule has 0 atom stereocenters. The Kier molecular flexibility index (Phi) is 4.37. The number of rotatable bonds is 7. The lowest BCUT2D eigenvalue weighted by molar-refractivity contribution is -0.384. The molecule has 0 saturated heterocycles. The predicted molar refractivity (Wildman–Crippen MR) is 75.8 cm³/mol. The van der Waals surface area contributed by atoms with Gasteiger partial charge in [0.15, 0.2) is 0 Å². The second-order valence-electron chi connectivity index (χ2n) is 5.29. The number of nitro benzene ring substituents is 1. The van der Waals surface area contributed by atoms with Crippen molar-refractivity contribution in [3.63, 3.8) is 0 Å². The molecule has 1 fully saturated rings. The van der Waals surface area contributed by atoms with Crippen molar-refractivity contribution in [3.8, 4) is 0 Å². The molecule has 104 valence electrons. The van der Waals surface area contributed by atoms with Gasteiger partial charge in [0.2, 0.25) is 0 Å². The first-order valence-electron chi connectivity index (χ1n) is 6.86. The molecule has 1 aliphatic rings. The summed E-state index contributed by atoms with van der Waals surface area (Å²) < 4.78 is 0. The monoisotopic (exact) mass is 263 g/mol. The number of hydrogen-bond acceptors (Lipinski definition) is 4. The number of nitrogens with two attached hydrogens (primary N) is 1. The second kappa shape index (κ2) is 6.02. The molecule has 0 heterocycles. The van der Waals surface area contributed by atoms with E-state index < -0.39 is 4.92 Å². The van der Waals surface area contributed by atoms with E-state index in [-0.39, 0.29) is 5.69 Å². The largest absolute Gasteiger partial charge is 0.393 e. The van der Waals surface area contributed by atoms with Crippen LogP contribution in [0.3, 0.4) is 0 Å². The number of anilines is 1. The fraction of sp³-hybridized carbons (Fsp3) is 0.571. The molecule has 2 N–H and O–H groups in total. The lowest BCUT2D eigenvalue weighted by Gasteiger charge is -2.22. The maximum Gasteiger partial charge on any atom is 0.292 e. The van der Waals surface area contributed by atoms with Gasteiger partial charge >= 0.3 is 0 Å². The van der Waals surface area contributed by atoms with Gasteiger partial charge in [-0.1, -0.05) is 19.1 Å². The molecular weight excluding hydrogens is 242 g/mol. The van der Waals surface area contributed by atoms with Gasteiger partial charge in [-0.2, -0.15) is 0 Å². The van der Waals surface area contributed by atoms with Gasteiger partial charge in [0.1, 0.15) is 5.69 Å². The third kappa shape index (κ3) is 3.67. The predicted octanol–water partition coefficient (Wildman–Crippen LogP) is 2.80. The Morgan fingerprint density at radius 2 is 2.21 bits per heavy atom. The van der Waals surface area contributed by atoms with E-state index in [1.807, 2.05) is 6.07 Å². The summed E-state index contributed by atoms with van der Waals surface area (Å²) in [7, 11) is 0. The van der Waals surface area contributed by atoms with E-state index in [0.717, 1.165) is 31.0 Å². The van der Waals surface area contributed by atoms with Gasteiger partial charge in [-0.3, -0.25) is 15.0 Å². The van der Waals surface area contributed by atoms with Crippen LogP contribution in [-0.2, 0) is 6.54 Å². The molecular formula is C14H21N3O2. The fourth-order valence-corrected chi connectivity index (χ4v) is 2.35. The maximum atomic E-state index is 10.9. The number of nitrogens with zero attached hydrogens (tertiary/aromatic N) is 2. The molecule has 1 aromatic carbocycles. The van der Waals surface area contributed by atoms with E-state index in [9.17, 15) is 10.1 Å². The van der Waals surface area contributed by atoms with Gasteiger partial charge in [-0.05, 0) is 37.3 Å². The molecule has 0 radical (unpaired) electrons. The normalized spacial score (nSPS) is 14.8. The molecule has 1 aliphatic carbocycles. The molecule has 0 bridgehead atoms. The Balaban J connectivity index is 2.11. The molecule has 5 nitrogen and oxygen atoms in total. The third-order valence-corrected chi connectivity index (χ3v) is 3.52. The average Bonchev–Trinajstić information content (AvgIpc) is 3.15. The highest BCUT2D eigenvalue weighted by atomic mass is 16.6. The highest BCUT2D eigenvalue weighted by Crippen LogP contribution is 2.31. The van der Waals surface area contributed by atoms with E-state index in [4.69, 9.17) is 5.73 Å². The number of nitro groups is 1. The van der Waals surface area contributed by atoms with Gasteiger partial charge in [0.25, 0.3) is 5.69 Å². The number of nitrogen functional groups attached to an aromatic ring is 1. The summed E-state index contributed by atoms with van der Waals surface area (Å²) in [4.78, 5) is 12.8. The van der Waals surface area contributed by atoms with Crippen molar-refractivity contribution in [1.82, 2.24) is 4.90 Å². The number of hydrogen-bond donors (Lipinski definition) is 1. The van der Waals surface area contributed by atoms with Gasteiger partial charge in [-0.25, -0.2) is 0 Å². The van der Waals surface area contributed by atoms with Crippen LogP contribution in [0.2, 0.25) is 0 Å². The maximum absolute atomic E-state index is 10.9. The lowest BCUT2D eigenvalue weighted by Crippen LogP contribution is -2.27. The first-order chi connectivity index (χ1) is 9.11. The summed E-state index contributed by atoms with van der Waals surface area (Å²) in [6, 6.07) is 5.06. The Morgan fingerprint density at radius 3 is 2.79 bits per heavy atom. The summed E-state index contributed by atoms with van der Waals surface area (Å²) in [5, 5.41) is 10.9. The van der Waals surface area contributed by atoms with Crippen LogP contribution in [0.15, 0.2) is 18.2 Å². The summed E-state index contributed by atoms with van der Waals surface area (Å²) in [6.07, 6.45) is 3.71. The van der Waals surface area contributed by atoms with Crippen LogP contribution in [0.1, 0.15) is 31.7 Å². The van der Waals surface area contributed by atoms with Gasteiger partial charge in [0, 0.05) is 19.2 Å². The van der Waals surface area contributed by atoms with E-state index in [1.54, 1.807) is 6.07 Å². The Hall–Kier alpha value is -1.62. The minimum absolute atomic E-state index is 0.0142. The van der Waals surface area contributed by atoms with E-state index >= 15 is 0 Å². The van der Waals surface area contributed by atoms with Crippen molar-refractivity contribution in [2.75, 3.05) is 18.8 Å². The van der Waals surface area contributed by atoms with Crippen molar-refractivity contribution >= 4 is 11.4 Å². The lowest BCUT2D eigenvalue weighted by atomic mass is 10.1. The summed E-state index contributed by atoms with van der Waals surface area (Å²) in [6.45, 7) is 4.95. The zero-order valence-corrected chi connectivity index (χ0v) is 11.3. The summed E-state index contributed by atoms with van der Waals surface area (Å²) >= 11 is 0. The van der Waals surface area contributed by atoms with Crippen LogP contribution < -0.4 is 5.73 Å². The minimum Gasteiger partial charge on any atom is -0.393 e. The number of benzene rings is 1. The third-order valence-electron chi connectivity index (χ3n) is 3.52. The van der Waals surface area contributed by atoms with E-state index in [1.165, 1.54) is 18.9 Å². The molecule has 5 heteroatoms. The average molecular weight is 263 g/mol.